The highest BCUT2D eigenvalue weighted by Gasteiger charge is 2.37. The van der Waals surface area contributed by atoms with Crippen LogP contribution in [0.25, 0.3) is 22.3 Å². The first-order chi connectivity index (χ1) is 19.5. The third-order valence-electron chi connectivity index (χ3n) is 7.63. The smallest absolute Gasteiger partial charge is 0.455 e. The van der Waals surface area contributed by atoms with E-state index in [1.54, 1.807) is 24.3 Å². The third-order valence-corrected chi connectivity index (χ3v) is 9.05. The highest BCUT2D eigenvalue weighted by Crippen LogP contribution is 2.48. The number of anilines is 1. The van der Waals surface area contributed by atoms with Gasteiger partial charge in [0, 0.05) is 35.6 Å². The van der Waals surface area contributed by atoms with Crippen molar-refractivity contribution in [2.75, 3.05) is 24.2 Å². The molecule has 3 aromatic carbocycles. The van der Waals surface area contributed by atoms with Crippen LogP contribution in [-0.4, -0.2) is 46.3 Å². The number of nitrogens with zero attached hydrogens (tertiary/aromatic N) is 1. The van der Waals surface area contributed by atoms with Crippen LogP contribution >= 0.6 is 11.6 Å². The minimum Gasteiger partial charge on any atom is -0.455 e. The molecule has 1 aliphatic heterocycles. The van der Waals surface area contributed by atoms with Crippen molar-refractivity contribution in [2.45, 2.75) is 31.3 Å². The van der Waals surface area contributed by atoms with Gasteiger partial charge in [0.15, 0.2) is 0 Å². The fourth-order valence-electron chi connectivity index (χ4n) is 5.52. The van der Waals surface area contributed by atoms with Gasteiger partial charge in [-0.25, -0.2) is 12.8 Å². The van der Waals surface area contributed by atoms with Crippen molar-refractivity contribution in [2.24, 2.45) is 0 Å². The van der Waals surface area contributed by atoms with E-state index < -0.39 is 29.1 Å². The number of carbonyl (C=O) groups excluding carboxylic acids is 1. The Morgan fingerprint density at radius 2 is 1.88 bits per heavy atom. The van der Waals surface area contributed by atoms with E-state index in [2.05, 4.69) is 5.32 Å². The van der Waals surface area contributed by atoms with Crippen LogP contribution in [0.15, 0.2) is 59.0 Å². The molecule has 2 N–H and O–H groups in total. The number of fused-ring (bicyclic) bond motifs is 2. The van der Waals surface area contributed by atoms with Gasteiger partial charge in [-0.3, -0.25) is 9.10 Å². The summed E-state index contributed by atoms with van der Waals surface area (Å²) in [6, 6.07) is 14.3. The summed E-state index contributed by atoms with van der Waals surface area (Å²) in [4.78, 5) is 13.0. The molecule has 1 amide bonds. The largest absolute Gasteiger partial charge is 0.492 e. The Kier molecular flexibility index (Phi) is 7.09. The summed E-state index contributed by atoms with van der Waals surface area (Å²) >= 11 is 6.09. The van der Waals surface area contributed by atoms with Crippen LogP contribution < -0.4 is 15.1 Å². The molecular weight excluding hydrogens is 570 g/mol. The van der Waals surface area contributed by atoms with Crippen LogP contribution in [-0.2, 0) is 14.7 Å². The van der Waals surface area contributed by atoms with Gasteiger partial charge in [0.1, 0.15) is 17.2 Å². The number of hydrogen-bond acceptors (Lipinski definition) is 6. The summed E-state index contributed by atoms with van der Waals surface area (Å²) < 4.78 is 53.3. The molecule has 1 fully saturated rings. The molecule has 0 saturated heterocycles. The van der Waals surface area contributed by atoms with Crippen molar-refractivity contribution in [3.8, 4) is 11.3 Å². The number of rotatable bonds is 8. The molecule has 4 aromatic rings. The highest BCUT2D eigenvalue weighted by atomic mass is 35.5. The maximum Gasteiger partial charge on any atom is 0.492 e. The number of amides is 1. The summed E-state index contributed by atoms with van der Waals surface area (Å²) in [5, 5.41) is 14.1. The Morgan fingerprint density at radius 3 is 2.54 bits per heavy atom. The summed E-state index contributed by atoms with van der Waals surface area (Å²) in [5.74, 6) is -0.383. The predicted molar refractivity (Wildman–Crippen MR) is 157 cm³/mol. The lowest BCUT2D eigenvalue weighted by Crippen LogP contribution is -2.32. The molecule has 0 spiro atoms. The topological polar surface area (TPSA) is 109 Å². The van der Waals surface area contributed by atoms with E-state index in [1.807, 2.05) is 6.07 Å². The Bertz CT molecular complexity index is 1770. The second-order valence-electron chi connectivity index (χ2n) is 10.4. The first-order valence-electron chi connectivity index (χ1n) is 13.2. The lowest BCUT2D eigenvalue weighted by molar-refractivity contribution is 0.0964. The van der Waals surface area contributed by atoms with Crippen molar-refractivity contribution in [1.29, 1.82) is 0 Å². The third kappa shape index (κ3) is 5.23. The van der Waals surface area contributed by atoms with Crippen LogP contribution in [0.4, 0.5) is 10.1 Å². The number of nitrogens with one attached hydrogen (secondary N) is 1. The molecule has 0 radical (unpaired) electrons. The second kappa shape index (κ2) is 10.5. The van der Waals surface area contributed by atoms with E-state index >= 15 is 0 Å². The standard InChI is InChI=1S/C29H27BClFN2O6S/c1-33-29(35)27-22-14-21(16-3-4-16)24(15-26(22)39-28(27)17-5-8-19(32)9-6-17)34(41(2,37)38)12-11-25-20-10-7-18(31)13-23(20)30(36)40-25/h5-10,13-16,25,36H,3-4,11-12H2,1-2H3,(H,33,35). The number of furan rings is 1. The fourth-order valence-corrected chi connectivity index (χ4v) is 6.65. The summed E-state index contributed by atoms with van der Waals surface area (Å²) in [6.45, 7) is 0.0807. The van der Waals surface area contributed by atoms with Gasteiger partial charge in [-0.15, -0.1) is 0 Å². The number of carbonyl (C=O) groups is 1. The molecule has 12 heteroatoms. The zero-order chi connectivity index (χ0) is 29.1. The number of hydrogen-bond donors (Lipinski definition) is 2. The quantitative estimate of drug-likeness (QED) is 0.284. The molecule has 1 saturated carbocycles. The van der Waals surface area contributed by atoms with E-state index in [0.717, 1.165) is 30.2 Å². The van der Waals surface area contributed by atoms with Crippen molar-refractivity contribution in [3.63, 3.8) is 0 Å². The monoisotopic (exact) mass is 596 g/mol. The molecule has 1 unspecified atom stereocenters. The van der Waals surface area contributed by atoms with Crippen LogP contribution in [0.2, 0.25) is 5.02 Å². The second-order valence-corrected chi connectivity index (χ2v) is 12.8. The zero-order valence-electron chi connectivity index (χ0n) is 22.4. The Balaban J connectivity index is 1.43. The van der Waals surface area contributed by atoms with Gasteiger partial charge in [-0.1, -0.05) is 17.7 Å². The fraction of sp³-hybridized carbons (Fsp3) is 0.276. The van der Waals surface area contributed by atoms with Gasteiger partial charge in [-0.05, 0) is 84.2 Å². The van der Waals surface area contributed by atoms with E-state index in [9.17, 15) is 22.6 Å². The van der Waals surface area contributed by atoms with E-state index in [1.165, 1.54) is 35.6 Å². The number of halogens is 2. The molecule has 1 aliphatic carbocycles. The maximum absolute atomic E-state index is 13.6. The number of benzene rings is 3. The Morgan fingerprint density at radius 1 is 1.15 bits per heavy atom. The van der Waals surface area contributed by atoms with Crippen molar-refractivity contribution in [1.82, 2.24) is 5.32 Å². The first kappa shape index (κ1) is 27.8. The molecule has 6 rings (SSSR count). The summed E-state index contributed by atoms with van der Waals surface area (Å²) in [7, 11) is -3.38. The maximum atomic E-state index is 13.6. The summed E-state index contributed by atoms with van der Waals surface area (Å²) in [6.07, 6.45) is 2.68. The van der Waals surface area contributed by atoms with Gasteiger partial charge in [0.05, 0.1) is 23.6 Å². The van der Waals surface area contributed by atoms with Gasteiger partial charge < -0.3 is 19.4 Å². The van der Waals surface area contributed by atoms with Gasteiger partial charge in [0.2, 0.25) is 10.0 Å². The SMILES string of the molecule is CNC(=O)c1c(-c2ccc(F)cc2)oc2cc(N(CCC3OB(O)c4cc(Cl)ccc43)S(C)(=O)=O)c(C3CC3)cc12. The molecular formula is C29H27BClFN2O6S. The molecule has 8 nitrogen and oxygen atoms in total. The molecule has 2 heterocycles. The highest BCUT2D eigenvalue weighted by molar-refractivity contribution is 7.92. The van der Waals surface area contributed by atoms with E-state index in [0.29, 0.717) is 38.3 Å². The van der Waals surface area contributed by atoms with Gasteiger partial charge in [0.25, 0.3) is 5.91 Å². The Labute approximate surface area is 242 Å². The lowest BCUT2D eigenvalue weighted by atomic mass is 9.79. The van der Waals surface area contributed by atoms with Gasteiger partial charge >= 0.3 is 7.12 Å². The van der Waals surface area contributed by atoms with Crippen molar-refractivity contribution >= 4 is 56.8 Å². The van der Waals surface area contributed by atoms with E-state index in [4.69, 9.17) is 20.7 Å². The zero-order valence-corrected chi connectivity index (χ0v) is 23.9. The Hall–Kier alpha value is -3.38. The average molecular weight is 597 g/mol. The predicted octanol–water partition coefficient (Wildman–Crippen LogP) is 4.74. The lowest BCUT2D eigenvalue weighted by Gasteiger charge is -2.26. The normalized spacial score (nSPS) is 16.7. The minimum absolute atomic E-state index is 0.0807. The van der Waals surface area contributed by atoms with E-state index in [-0.39, 0.29) is 30.6 Å². The van der Waals surface area contributed by atoms with Crippen LogP contribution in [0.1, 0.15) is 52.8 Å². The van der Waals surface area contributed by atoms with Crippen LogP contribution in [0.3, 0.4) is 0 Å². The number of sulfonamides is 1. The van der Waals surface area contributed by atoms with Gasteiger partial charge in [-0.2, -0.15) is 0 Å². The first-order valence-corrected chi connectivity index (χ1v) is 15.5. The molecule has 1 aromatic heterocycles. The average Bonchev–Trinajstić information content (AvgIpc) is 3.64. The van der Waals surface area contributed by atoms with Crippen molar-refractivity contribution < 1.29 is 31.7 Å². The van der Waals surface area contributed by atoms with Crippen molar-refractivity contribution in [3.05, 3.63) is 82.1 Å². The minimum atomic E-state index is -3.75. The van der Waals surface area contributed by atoms with Crippen LogP contribution in [0, 0.1) is 5.82 Å². The molecule has 212 valence electrons. The van der Waals surface area contributed by atoms with Crippen LogP contribution in [0.5, 0.6) is 0 Å². The molecule has 1 atom stereocenters. The summed E-state index contributed by atoms with van der Waals surface area (Å²) in [5.41, 5.74) is 3.77. The molecule has 2 aliphatic rings. The molecule has 0 bridgehead atoms. The molecule has 41 heavy (non-hydrogen) atoms.